The van der Waals surface area contributed by atoms with Crippen molar-refractivity contribution in [3.63, 3.8) is 0 Å². The number of piperidine rings is 1. The summed E-state index contributed by atoms with van der Waals surface area (Å²) in [5, 5.41) is 8.98. The van der Waals surface area contributed by atoms with Gasteiger partial charge in [-0.15, -0.1) is 0 Å². The highest BCUT2D eigenvalue weighted by atomic mass is 16.5. The molecule has 0 spiro atoms. The number of benzene rings is 1. The van der Waals surface area contributed by atoms with E-state index in [0.717, 1.165) is 5.57 Å². The van der Waals surface area contributed by atoms with Crippen molar-refractivity contribution in [2.45, 2.75) is 19.8 Å². The minimum atomic E-state index is -0.772. The molecule has 2 rings (SSSR count). The molecule has 0 aromatic heterocycles. The molecule has 1 aliphatic rings. The molecule has 118 valence electrons. The topological polar surface area (TPSA) is 66.8 Å². The monoisotopic (exact) mass is 303 g/mol. The summed E-state index contributed by atoms with van der Waals surface area (Å²) in [5.74, 6) is -0.465. The van der Waals surface area contributed by atoms with Gasteiger partial charge in [-0.05, 0) is 49.6 Å². The summed E-state index contributed by atoms with van der Waals surface area (Å²) >= 11 is 0. The average molecular weight is 303 g/mol. The van der Waals surface area contributed by atoms with Gasteiger partial charge in [0.25, 0.3) is 5.91 Å². The van der Waals surface area contributed by atoms with Crippen LogP contribution in [0.15, 0.2) is 36.4 Å². The van der Waals surface area contributed by atoms with E-state index >= 15 is 0 Å². The van der Waals surface area contributed by atoms with Gasteiger partial charge in [-0.25, -0.2) is 0 Å². The lowest BCUT2D eigenvalue weighted by atomic mass is 9.96. The smallest absolute Gasteiger partial charge is 0.306 e. The second kappa shape index (κ2) is 7.11. The van der Waals surface area contributed by atoms with Crippen molar-refractivity contribution in [3.05, 3.63) is 42.0 Å². The van der Waals surface area contributed by atoms with E-state index in [4.69, 9.17) is 9.84 Å². The van der Waals surface area contributed by atoms with Crippen LogP contribution < -0.4 is 4.74 Å². The second-order valence-corrected chi connectivity index (χ2v) is 5.67. The Morgan fingerprint density at radius 2 is 1.86 bits per heavy atom. The Labute approximate surface area is 130 Å². The van der Waals surface area contributed by atoms with Gasteiger partial charge >= 0.3 is 5.97 Å². The van der Waals surface area contributed by atoms with Crippen molar-refractivity contribution >= 4 is 11.9 Å². The van der Waals surface area contributed by atoms with E-state index in [1.165, 1.54) is 0 Å². The van der Waals surface area contributed by atoms with Crippen LogP contribution in [0, 0.1) is 5.92 Å². The lowest BCUT2D eigenvalue weighted by Crippen LogP contribution is -2.40. The van der Waals surface area contributed by atoms with Crippen LogP contribution in [-0.4, -0.2) is 41.6 Å². The molecule has 1 saturated heterocycles. The highest BCUT2D eigenvalue weighted by Crippen LogP contribution is 2.20. The molecular formula is C17H21NO4. The lowest BCUT2D eigenvalue weighted by Gasteiger charge is -2.30. The third-order valence-electron chi connectivity index (χ3n) is 3.72. The molecule has 5 heteroatoms. The SMILES string of the molecule is C=C(C)COc1ccc(C(=O)N2CCC(C(=O)O)CC2)cc1. The van der Waals surface area contributed by atoms with Crippen LogP contribution in [-0.2, 0) is 4.79 Å². The molecule has 0 radical (unpaired) electrons. The molecule has 1 aromatic carbocycles. The molecule has 0 atom stereocenters. The van der Waals surface area contributed by atoms with Crippen LogP contribution in [0.2, 0.25) is 0 Å². The fraction of sp³-hybridized carbons (Fsp3) is 0.412. The molecule has 1 aromatic rings. The zero-order valence-electron chi connectivity index (χ0n) is 12.7. The van der Waals surface area contributed by atoms with Crippen molar-refractivity contribution in [2.24, 2.45) is 5.92 Å². The zero-order chi connectivity index (χ0) is 16.1. The number of rotatable bonds is 5. The van der Waals surface area contributed by atoms with Gasteiger partial charge in [-0.2, -0.15) is 0 Å². The van der Waals surface area contributed by atoms with Crippen molar-refractivity contribution in [2.75, 3.05) is 19.7 Å². The number of carbonyl (C=O) groups is 2. The van der Waals surface area contributed by atoms with Crippen LogP contribution in [0.1, 0.15) is 30.1 Å². The largest absolute Gasteiger partial charge is 0.489 e. The summed E-state index contributed by atoms with van der Waals surface area (Å²) in [6.07, 6.45) is 1.03. The van der Waals surface area contributed by atoms with E-state index in [-0.39, 0.29) is 11.8 Å². The molecule has 0 unspecified atom stereocenters. The Hall–Kier alpha value is -2.30. The number of carboxylic acids is 1. The third kappa shape index (κ3) is 4.10. The van der Waals surface area contributed by atoms with Gasteiger partial charge < -0.3 is 14.7 Å². The number of aliphatic carboxylic acids is 1. The second-order valence-electron chi connectivity index (χ2n) is 5.67. The van der Waals surface area contributed by atoms with Gasteiger partial charge in [0.2, 0.25) is 0 Å². The number of ether oxygens (including phenoxy) is 1. The molecule has 1 N–H and O–H groups in total. The van der Waals surface area contributed by atoms with Crippen LogP contribution in [0.3, 0.4) is 0 Å². The molecule has 1 fully saturated rings. The van der Waals surface area contributed by atoms with Crippen molar-refractivity contribution in [1.29, 1.82) is 0 Å². The Balaban J connectivity index is 1.93. The summed E-state index contributed by atoms with van der Waals surface area (Å²) in [5.41, 5.74) is 1.53. The number of carboxylic acid groups (broad SMARTS) is 1. The fourth-order valence-electron chi connectivity index (χ4n) is 2.41. The quantitative estimate of drug-likeness (QED) is 0.849. The lowest BCUT2D eigenvalue weighted by molar-refractivity contribution is -0.143. The summed E-state index contributed by atoms with van der Waals surface area (Å²) < 4.78 is 5.50. The molecule has 5 nitrogen and oxygen atoms in total. The first-order chi connectivity index (χ1) is 10.5. The maximum atomic E-state index is 12.4. The molecule has 1 heterocycles. The van der Waals surface area contributed by atoms with Gasteiger partial charge in [0.1, 0.15) is 12.4 Å². The predicted molar refractivity (Wildman–Crippen MR) is 83.0 cm³/mol. The standard InChI is InChI=1S/C17H21NO4/c1-12(2)11-22-15-5-3-13(4-6-15)16(19)18-9-7-14(8-10-18)17(20)21/h3-6,14H,1,7-11H2,2H3,(H,20,21). The van der Waals surface area contributed by atoms with Crippen molar-refractivity contribution < 1.29 is 19.4 Å². The number of nitrogens with zero attached hydrogens (tertiary/aromatic N) is 1. The maximum absolute atomic E-state index is 12.4. The van der Waals surface area contributed by atoms with Gasteiger partial charge in [0.15, 0.2) is 0 Å². The Bertz CT molecular complexity index is 557. The molecule has 0 aliphatic carbocycles. The van der Waals surface area contributed by atoms with E-state index in [1.54, 1.807) is 29.2 Å². The number of amides is 1. The van der Waals surface area contributed by atoms with Crippen molar-refractivity contribution in [3.8, 4) is 5.75 Å². The van der Waals surface area contributed by atoms with Crippen molar-refractivity contribution in [1.82, 2.24) is 4.90 Å². The van der Waals surface area contributed by atoms with Gasteiger partial charge in [-0.1, -0.05) is 6.58 Å². The summed E-state index contributed by atoms with van der Waals surface area (Å²) in [6, 6.07) is 7.00. The van der Waals surface area contributed by atoms with Crippen LogP contribution in [0.4, 0.5) is 0 Å². The van der Waals surface area contributed by atoms with Gasteiger partial charge in [-0.3, -0.25) is 9.59 Å². The number of carbonyl (C=O) groups excluding carboxylic acids is 1. The van der Waals surface area contributed by atoms with Crippen LogP contribution in [0.25, 0.3) is 0 Å². The number of hydrogen-bond acceptors (Lipinski definition) is 3. The summed E-state index contributed by atoms with van der Waals surface area (Å²) in [4.78, 5) is 25.0. The fourth-order valence-corrected chi connectivity index (χ4v) is 2.41. The van der Waals surface area contributed by atoms with E-state index < -0.39 is 5.97 Å². The summed E-state index contributed by atoms with van der Waals surface area (Å²) in [6.45, 7) is 7.09. The number of hydrogen-bond donors (Lipinski definition) is 1. The third-order valence-corrected chi connectivity index (χ3v) is 3.72. The summed E-state index contributed by atoms with van der Waals surface area (Å²) in [7, 11) is 0. The highest BCUT2D eigenvalue weighted by molar-refractivity contribution is 5.94. The van der Waals surface area contributed by atoms with E-state index in [9.17, 15) is 9.59 Å². The average Bonchev–Trinajstić information content (AvgIpc) is 2.53. The molecule has 0 bridgehead atoms. The molecule has 22 heavy (non-hydrogen) atoms. The number of likely N-dealkylation sites (tertiary alicyclic amines) is 1. The van der Waals surface area contributed by atoms with Gasteiger partial charge in [0, 0.05) is 18.7 Å². The highest BCUT2D eigenvalue weighted by Gasteiger charge is 2.27. The minimum absolute atomic E-state index is 0.0599. The first kappa shape index (κ1) is 16.1. The predicted octanol–water partition coefficient (Wildman–Crippen LogP) is 2.58. The van der Waals surface area contributed by atoms with Crippen LogP contribution >= 0.6 is 0 Å². The Morgan fingerprint density at radius 3 is 2.36 bits per heavy atom. The maximum Gasteiger partial charge on any atom is 0.306 e. The Morgan fingerprint density at radius 1 is 1.27 bits per heavy atom. The van der Waals surface area contributed by atoms with E-state index in [2.05, 4.69) is 6.58 Å². The zero-order valence-corrected chi connectivity index (χ0v) is 12.7. The molecular weight excluding hydrogens is 282 g/mol. The Kier molecular flexibility index (Phi) is 5.20. The van der Waals surface area contributed by atoms with Gasteiger partial charge in [0.05, 0.1) is 5.92 Å². The van der Waals surface area contributed by atoms with E-state index in [1.807, 2.05) is 6.92 Å². The molecule has 1 aliphatic heterocycles. The molecule has 0 saturated carbocycles. The van der Waals surface area contributed by atoms with Crippen LogP contribution in [0.5, 0.6) is 5.75 Å². The van der Waals surface area contributed by atoms with E-state index in [0.29, 0.717) is 43.9 Å². The first-order valence-electron chi connectivity index (χ1n) is 7.36. The minimum Gasteiger partial charge on any atom is -0.489 e. The normalized spacial score (nSPS) is 15.4. The first-order valence-corrected chi connectivity index (χ1v) is 7.36. The molecule has 1 amide bonds.